The SMILES string of the molecule is C=C1CCCN1c1ccc(C(=O)N/N=C/C2CC=C(C)O2)cc1. The third-order valence-electron chi connectivity index (χ3n) is 4.05. The minimum absolute atomic E-state index is 0.0844. The Hall–Kier alpha value is -2.56. The standard InChI is InChI=1S/C18H21N3O2/c1-13-4-3-11-21(13)16-8-6-15(7-9-16)18(22)20-19-12-17-10-5-14(2)23-17/h5-9,12,17H,1,3-4,10-11H2,2H3,(H,20,22)/b19-12+. The molecule has 0 bridgehead atoms. The van der Waals surface area contributed by atoms with Crippen LogP contribution < -0.4 is 10.3 Å². The molecule has 1 aromatic carbocycles. The van der Waals surface area contributed by atoms with Crippen LogP contribution in [-0.2, 0) is 4.74 Å². The average Bonchev–Trinajstić information content (AvgIpc) is 3.16. The monoisotopic (exact) mass is 311 g/mol. The summed E-state index contributed by atoms with van der Waals surface area (Å²) in [6.45, 7) is 6.96. The van der Waals surface area contributed by atoms with Crippen molar-refractivity contribution in [3.8, 4) is 0 Å². The van der Waals surface area contributed by atoms with E-state index in [0.29, 0.717) is 5.56 Å². The predicted octanol–water partition coefficient (Wildman–Crippen LogP) is 3.21. The number of anilines is 1. The van der Waals surface area contributed by atoms with Crippen molar-refractivity contribution in [3.63, 3.8) is 0 Å². The van der Waals surface area contributed by atoms with Crippen LogP contribution in [0.25, 0.3) is 0 Å². The number of hydrogen-bond acceptors (Lipinski definition) is 4. The van der Waals surface area contributed by atoms with Crippen molar-refractivity contribution < 1.29 is 9.53 Å². The van der Waals surface area contributed by atoms with E-state index in [-0.39, 0.29) is 12.0 Å². The van der Waals surface area contributed by atoms with Crippen LogP contribution in [0.2, 0.25) is 0 Å². The Labute approximate surface area is 136 Å². The maximum Gasteiger partial charge on any atom is 0.271 e. The summed E-state index contributed by atoms with van der Waals surface area (Å²) < 4.78 is 5.48. The van der Waals surface area contributed by atoms with Gasteiger partial charge in [-0.05, 0) is 50.1 Å². The lowest BCUT2D eigenvalue weighted by Crippen LogP contribution is -2.20. The van der Waals surface area contributed by atoms with Gasteiger partial charge in [-0.2, -0.15) is 5.10 Å². The van der Waals surface area contributed by atoms with Crippen molar-refractivity contribution in [1.29, 1.82) is 0 Å². The van der Waals surface area contributed by atoms with Gasteiger partial charge in [0.2, 0.25) is 0 Å². The van der Waals surface area contributed by atoms with E-state index in [2.05, 4.69) is 22.0 Å². The van der Waals surface area contributed by atoms with E-state index in [1.165, 1.54) is 0 Å². The molecule has 0 aliphatic carbocycles. The van der Waals surface area contributed by atoms with Gasteiger partial charge in [-0.15, -0.1) is 0 Å². The Morgan fingerprint density at radius 2 is 2.22 bits per heavy atom. The number of benzene rings is 1. The molecule has 3 rings (SSSR count). The Morgan fingerprint density at radius 1 is 1.43 bits per heavy atom. The smallest absolute Gasteiger partial charge is 0.271 e. The molecule has 0 radical (unpaired) electrons. The quantitative estimate of drug-likeness (QED) is 0.686. The molecule has 1 atom stereocenters. The number of allylic oxidation sites excluding steroid dienone is 2. The average molecular weight is 311 g/mol. The van der Waals surface area contributed by atoms with Gasteiger partial charge in [-0.3, -0.25) is 4.79 Å². The van der Waals surface area contributed by atoms with Gasteiger partial charge in [0.15, 0.2) is 0 Å². The fraction of sp³-hybridized carbons (Fsp3) is 0.333. The number of hydrogen-bond donors (Lipinski definition) is 1. The van der Waals surface area contributed by atoms with E-state index in [0.717, 1.165) is 43.0 Å². The van der Waals surface area contributed by atoms with Crippen LogP contribution >= 0.6 is 0 Å². The van der Waals surface area contributed by atoms with Gasteiger partial charge in [-0.25, -0.2) is 5.43 Å². The number of carbonyl (C=O) groups is 1. The minimum Gasteiger partial charge on any atom is -0.489 e. The van der Waals surface area contributed by atoms with Crippen molar-refractivity contribution in [2.24, 2.45) is 5.10 Å². The lowest BCUT2D eigenvalue weighted by Gasteiger charge is -2.19. The van der Waals surface area contributed by atoms with Crippen LogP contribution in [-0.4, -0.2) is 24.8 Å². The van der Waals surface area contributed by atoms with Crippen LogP contribution in [0, 0.1) is 0 Å². The first-order valence-corrected chi connectivity index (χ1v) is 7.86. The van der Waals surface area contributed by atoms with Crippen molar-refractivity contribution in [1.82, 2.24) is 5.43 Å². The van der Waals surface area contributed by atoms with E-state index in [4.69, 9.17) is 4.74 Å². The van der Waals surface area contributed by atoms with Gasteiger partial charge in [0.05, 0.1) is 12.0 Å². The first-order chi connectivity index (χ1) is 11.1. The molecule has 1 saturated heterocycles. The lowest BCUT2D eigenvalue weighted by molar-refractivity contribution is 0.0954. The number of amides is 1. The minimum atomic E-state index is -0.226. The predicted molar refractivity (Wildman–Crippen MR) is 91.4 cm³/mol. The molecule has 1 N–H and O–H groups in total. The van der Waals surface area contributed by atoms with Gasteiger partial charge in [0.25, 0.3) is 5.91 Å². The van der Waals surface area contributed by atoms with E-state index in [1.54, 1.807) is 6.21 Å². The van der Waals surface area contributed by atoms with E-state index in [9.17, 15) is 4.79 Å². The van der Waals surface area contributed by atoms with E-state index >= 15 is 0 Å². The molecule has 5 heteroatoms. The van der Waals surface area contributed by atoms with Crippen molar-refractivity contribution in [2.45, 2.75) is 32.3 Å². The number of ether oxygens (including phenoxy) is 1. The maximum absolute atomic E-state index is 12.1. The number of rotatable bonds is 4. The maximum atomic E-state index is 12.1. The summed E-state index contributed by atoms with van der Waals surface area (Å²) in [5.41, 5.74) is 5.32. The molecular formula is C18H21N3O2. The summed E-state index contributed by atoms with van der Waals surface area (Å²) in [5.74, 6) is 0.669. The van der Waals surface area contributed by atoms with Gasteiger partial charge in [0.1, 0.15) is 6.10 Å². The number of carbonyl (C=O) groups excluding carboxylic acids is 1. The Kier molecular flexibility index (Phi) is 4.46. The number of nitrogens with one attached hydrogen (secondary N) is 1. The Morgan fingerprint density at radius 3 is 2.83 bits per heavy atom. The molecule has 1 unspecified atom stereocenters. The fourth-order valence-electron chi connectivity index (χ4n) is 2.79. The van der Waals surface area contributed by atoms with E-state index in [1.807, 2.05) is 37.3 Å². The van der Waals surface area contributed by atoms with Gasteiger partial charge in [-0.1, -0.05) is 6.58 Å². The lowest BCUT2D eigenvalue weighted by atomic mass is 10.2. The second-order valence-electron chi connectivity index (χ2n) is 5.79. The molecule has 2 aliphatic heterocycles. The zero-order chi connectivity index (χ0) is 16.2. The molecule has 1 amide bonds. The van der Waals surface area contributed by atoms with Crippen LogP contribution in [0.5, 0.6) is 0 Å². The van der Waals surface area contributed by atoms with Gasteiger partial charge >= 0.3 is 0 Å². The van der Waals surface area contributed by atoms with Gasteiger partial charge in [0, 0.05) is 29.9 Å². The number of hydrazone groups is 1. The molecule has 0 saturated carbocycles. The largest absolute Gasteiger partial charge is 0.489 e. The van der Waals surface area contributed by atoms with Crippen molar-refractivity contribution in [2.75, 3.05) is 11.4 Å². The highest BCUT2D eigenvalue weighted by atomic mass is 16.5. The van der Waals surface area contributed by atoms with Crippen LogP contribution in [0.4, 0.5) is 5.69 Å². The molecule has 2 heterocycles. The summed E-state index contributed by atoms with van der Waals surface area (Å²) in [5, 5.41) is 3.97. The zero-order valence-electron chi connectivity index (χ0n) is 13.3. The summed E-state index contributed by atoms with van der Waals surface area (Å²) in [6.07, 6.45) is 6.50. The van der Waals surface area contributed by atoms with E-state index < -0.39 is 0 Å². The highest BCUT2D eigenvalue weighted by molar-refractivity contribution is 5.94. The fourth-order valence-corrected chi connectivity index (χ4v) is 2.79. The first kappa shape index (κ1) is 15.3. The van der Waals surface area contributed by atoms with Crippen molar-refractivity contribution >= 4 is 17.8 Å². The Bertz CT molecular complexity index is 661. The molecule has 0 spiro atoms. The normalized spacial score (nSPS) is 20.7. The summed E-state index contributed by atoms with van der Waals surface area (Å²) in [4.78, 5) is 14.3. The van der Waals surface area contributed by atoms with Crippen LogP contribution in [0.1, 0.15) is 36.5 Å². The molecule has 0 aromatic heterocycles. The molecule has 2 aliphatic rings. The highest BCUT2D eigenvalue weighted by Gasteiger charge is 2.17. The summed E-state index contributed by atoms with van der Waals surface area (Å²) in [6, 6.07) is 7.51. The molecule has 1 fully saturated rings. The third kappa shape index (κ3) is 3.62. The van der Waals surface area contributed by atoms with Gasteiger partial charge < -0.3 is 9.64 Å². The summed E-state index contributed by atoms with van der Waals surface area (Å²) in [7, 11) is 0. The third-order valence-corrected chi connectivity index (χ3v) is 4.05. The zero-order valence-corrected chi connectivity index (χ0v) is 13.3. The topological polar surface area (TPSA) is 53.9 Å². The number of nitrogens with zero attached hydrogens (tertiary/aromatic N) is 2. The second-order valence-corrected chi connectivity index (χ2v) is 5.79. The first-order valence-electron chi connectivity index (χ1n) is 7.86. The van der Waals surface area contributed by atoms with Crippen LogP contribution in [0.3, 0.4) is 0 Å². The van der Waals surface area contributed by atoms with Crippen LogP contribution in [0.15, 0.2) is 53.5 Å². The molecule has 1 aromatic rings. The second kappa shape index (κ2) is 6.69. The van der Waals surface area contributed by atoms with Crippen molar-refractivity contribution in [3.05, 3.63) is 53.9 Å². The Balaban J connectivity index is 1.55. The molecule has 23 heavy (non-hydrogen) atoms. The molecular weight excluding hydrogens is 290 g/mol. The molecule has 120 valence electrons. The summed E-state index contributed by atoms with van der Waals surface area (Å²) >= 11 is 0. The highest BCUT2D eigenvalue weighted by Crippen LogP contribution is 2.27. The molecule has 5 nitrogen and oxygen atoms in total.